The lowest BCUT2D eigenvalue weighted by Crippen LogP contribution is -1.94. The highest BCUT2D eigenvalue weighted by atomic mass is 14.7. The van der Waals surface area contributed by atoms with Crippen molar-refractivity contribution in [3.63, 3.8) is 0 Å². The van der Waals surface area contributed by atoms with E-state index in [1.165, 1.54) is 35.6 Å². The van der Waals surface area contributed by atoms with Gasteiger partial charge in [-0.1, -0.05) is 67.5 Å². The highest BCUT2D eigenvalue weighted by Crippen LogP contribution is 2.04. The van der Waals surface area contributed by atoms with Crippen LogP contribution in [0.3, 0.4) is 0 Å². The second kappa shape index (κ2) is 14.9. The van der Waals surface area contributed by atoms with E-state index in [1.54, 1.807) is 0 Å². The van der Waals surface area contributed by atoms with Crippen molar-refractivity contribution in [2.45, 2.75) is 81.1 Å². The molecular weight excluding hydrogens is 292 g/mol. The minimum absolute atomic E-state index is 0. The largest absolute Gasteiger partial charge is 0.258 e. The van der Waals surface area contributed by atoms with Gasteiger partial charge >= 0.3 is 0 Å². The maximum atomic E-state index is 4.55. The smallest absolute Gasteiger partial charge is 0.0406 e. The quantitative estimate of drug-likeness (QED) is 0.607. The molecule has 0 saturated carbocycles. The molecule has 2 aromatic heterocycles. The van der Waals surface area contributed by atoms with Crippen molar-refractivity contribution < 1.29 is 0 Å². The Morgan fingerprint density at radius 2 is 0.917 bits per heavy atom. The van der Waals surface area contributed by atoms with Crippen LogP contribution < -0.4 is 0 Å². The monoisotopic (exact) mass is 330 g/mol. The van der Waals surface area contributed by atoms with Crippen LogP contribution in [0, 0.1) is 0 Å². The molecule has 2 aromatic rings. The van der Waals surface area contributed by atoms with Crippen LogP contribution in [0.25, 0.3) is 0 Å². The second-order valence-corrected chi connectivity index (χ2v) is 5.45. The van der Waals surface area contributed by atoms with Gasteiger partial charge in [0.25, 0.3) is 0 Å². The molecule has 24 heavy (non-hydrogen) atoms. The summed E-state index contributed by atoms with van der Waals surface area (Å²) in [5.41, 5.74) is 4.87. The first kappa shape index (κ1) is 24.6. The van der Waals surface area contributed by atoms with Crippen molar-refractivity contribution >= 4 is 0 Å². The summed E-state index contributed by atoms with van der Waals surface area (Å²) in [4.78, 5) is 8.96. The average Bonchev–Trinajstić information content (AvgIpc) is 2.56. The summed E-state index contributed by atoms with van der Waals surface area (Å²) in [6.45, 7) is 8.63. The van der Waals surface area contributed by atoms with Gasteiger partial charge in [-0.2, -0.15) is 0 Å². The van der Waals surface area contributed by atoms with Gasteiger partial charge in [0.1, 0.15) is 0 Å². The summed E-state index contributed by atoms with van der Waals surface area (Å²) in [6.07, 6.45) is 6.65. The molecule has 2 nitrogen and oxygen atoms in total. The summed E-state index contributed by atoms with van der Waals surface area (Å²) in [5, 5.41) is 0. The van der Waals surface area contributed by atoms with Gasteiger partial charge in [-0.3, -0.25) is 9.97 Å². The number of aryl methyl sites for hydroxylation is 4. The number of hydrogen-bond donors (Lipinski definition) is 0. The zero-order chi connectivity index (χ0) is 16.2. The lowest BCUT2D eigenvalue weighted by atomic mass is 10.2. The minimum atomic E-state index is 0. The van der Waals surface area contributed by atoms with E-state index in [1.807, 2.05) is 0 Å². The second-order valence-electron chi connectivity index (χ2n) is 5.45. The molecule has 0 aliphatic carbocycles. The fourth-order valence-electron chi connectivity index (χ4n) is 2.24. The number of pyridine rings is 2. The Labute approximate surface area is 150 Å². The fourth-order valence-corrected chi connectivity index (χ4v) is 2.24. The zero-order valence-electron chi connectivity index (χ0n) is 14.6. The van der Waals surface area contributed by atoms with E-state index in [4.69, 9.17) is 0 Å². The molecule has 0 fully saturated rings. The lowest BCUT2D eigenvalue weighted by molar-refractivity contribution is 0.831. The fraction of sp³-hybridized carbons (Fsp3) is 0.545. The van der Waals surface area contributed by atoms with Gasteiger partial charge in [-0.05, 0) is 49.9 Å². The first-order valence-corrected chi connectivity index (χ1v) is 8.63. The van der Waals surface area contributed by atoms with Crippen molar-refractivity contribution in [2.75, 3.05) is 0 Å². The van der Waals surface area contributed by atoms with Gasteiger partial charge in [-0.15, -0.1) is 0 Å². The molecule has 2 heterocycles. The Kier molecular flexibility index (Phi) is 15.2. The van der Waals surface area contributed by atoms with Crippen molar-refractivity contribution in [1.29, 1.82) is 0 Å². The van der Waals surface area contributed by atoms with Crippen molar-refractivity contribution in [1.82, 2.24) is 9.97 Å². The predicted octanol–water partition coefficient (Wildman–Crippen LogP) is 6.47. The Morgan fingerprint density at radius 3 is 1.25 bits per heavy atom. The third-order valence-electron chi connectivity index (χ3n) is 3.47. The molecule has 0 aliphatic heterocycles. The third kappa shape index (κ3) is 9.44. The number of rotatable bonds is 6. The Bertz CT molecular complexity index is 494. The summed E-state index contributed by atoms with van der Waals surface area (Å²) >= 11 is 0. The van der Waals surface area contributed by atoms with Crippen molar-refractivity contribution in [2.24, 2.45) is 0 Å². The van der Waals surface area contributed by atoms with Crippen LogP contribution in [0.15, 0.2) is 36.4 Å². The molecule has 2 rings (SSSR count). The number of hydrogen-bond acceptors (Lipinski definition) is 2. The minimum Gasteiger partial charge on any atom is -0.258 e. The Hall–Kier alpha value is -1.70. The SMILES string of the molecule is C.C.CCCc1cccc(CCC)n1.CCc1cccc(CC)n1. The molecule has 0 saturated heterocycles. The van der Waals surface area contributed by atoms with E-state index in [0.717, 1.165) is 25.7 Å². The summed E-state index contributed by atoms with van der Waals surface area (Å²) < 4.78 is 0. The van der Waals surface area contributed by atoms with Crippen LogP contribution in [-0.2, 0) is 25.7 Å². The molecule has 0 spiro atoms. The maximum absolute atomic E-state index is 4.55. The lowest BCUT2D eigenvalue weighted by Gasteiger charge is -2.01. The van der Waals surface area contributed by atoms with Crippen LogP contribution in [0.5, 0.6) is 0 Å². The van der Waals surface area contributed by atoms with E-state index in [2.05, 4.69) is 74.1 Å². The van der Waals surface area contributed by atoms with Gasteiger partial charge in [0.2, 0.25) is 0 Å². The van der Waals surface area contributed by atoms with Crippen LogP contribution in [0.1, 0.15) is 78.2 Å². The molecule has 0 N–H and O–H groups in total. The molecule has 136 valence electrons. The summed E-state index contributed by atoms with van der Waals surface area (Å²) in [7, 11) is 0. The molecule has 0 bridgehead atoms. The van der Waals surface area contributed by atoms with Crippen LogP contribution in [-0.4, -0.2) is 9.97 Å². The molecule has 2 heteroatoms. The van der Waals surface area contributed by atoms with E-state index < -0.39 is 0 Å². The van der Waals surface area contributed by atoms with Crippen LogP contribution in [0.2, 0.25) is 0 Å². The average molecular weight is 331 g/mol. The van der Waals surface area contributed by atoms with Gasteiger partial charge < -0.3 is 0 Å². The Balaban J connectivity index is 0. The third-order valence-corrected chi connectivity index (χ3v) is 3.47. The summed E-state index contributed by atoms with van der Waals surface area (Å²) in [5.74, 6) is 0. The van der Waals surface area contributed by atoms with E-state index in [9.17, 15) is 0 Å². The molecule has 0 aromatic carbocycles. The molecule has 0 atom stereocenters. The van der Waals surface area contributed by atoms with Crippen molar-refractivity contribution in [3.05, 3.63) is 59.2 Å². The number of nitrogens with zero attached hydrogens (tertiary/aromatic N) is 2. The molecule has 0 amide bonds. The van der Waals surface area contributed by atoms with E-state index in [-0.39, 0.29) is 14.9 Å². The highest BCUT2D eigenvalue weighted by molar-refractivity contribution is 5.11. The van der Waals surface area contributed by atoms with Gasteiger partial charge in [-0.25, -0.2) is 0 Å². The van der Waals surface area contributed by atoms with Gasteiger partial charge in [0.15, 0.2) is 0 Å². The topological polar surface area (TPSA) is 25.8 Å². The maximum Gasteiger partial charge on any atom is 0.0406 e. The normalized spacial score (nSPS) is 9.17. The molecular formula is C22H38N2. The van der Waals surface area contributed by atoms with E-state index in [0.29, 0.717) is 0 Å². The zero-order valence-corrected chi connectivity index (χ0v) is 14.6. The predicted molar refractivity (Wildman–Crippen MR) is 109 cm³/mol. The highest BCUT2D eigenvalue weighted by Gasteiger charge is 1.95. The molecule has 0 aliphatic rings. The van der Waals surface area contributed by atoms with Crippen LogP contribution in [0.4, 0.5) is 0 Å². The van der Waals surface area contributed by atoms with Crippen molar-refractivity contribution in [3.8, 4) is 0 Å². The molecule has 0 radical (unpaired) electrons. The summed E-state index contributed by atoms with van der Waals surface area (Å²) in [6, 6.07) is 12.6. The number of aromatic nitrogens is 2. The standard InChI is InChI=1S/C11H17N.C9H13N.2CH4/c1-3-6-10-8-5-9-11(12-10)7-4-2;1-3-8-6-5-7-9(4-2)10-8;;/h5,8-9H,3-4,6-7H2,1-2H3;5-7H,3-4H2,1-2H3;2*1H4. The van der Waals surface area contributed by atoms with E-state index >= 15 is 0 Å². The Morgan fingerprint density at radius 1 is 0.583 bits per heavy atom. The first-order chi connectivity index (χ1) is 10.7. The van der Waals surface area contributed by atoms with Gasteiger partial charge in [0.05, 0.1) is 0 Å². The first-order valence-electron chi connectivity index (χ1n) is 8.63. The van der Waals surface area contributed by atoms with Gasteiger partial charge in [0, 0.05) is 22.8 Å². The molecule has 0 unspecified atom stereocenters. The van der Waals surface area contributed by atoms with Crippen LogP contribution >= 0.6 is 0 Å².